The van der Waals surface area contributed by atoms with Crippen LogP contribution in [0.5, 0.6) is 0 Å². The van der Waals surface area contributed by atoms with Crippen LogP contribution >= 0.6 is 219 Å². The Kier molecular flexibility index (Phi) is 26.9. The van der Waals surface area contributed by atoms with E-state index in [0.29, 0.717) is 28.8 Å². The molecule has 1 saturated heterocycles. The first-order chi connectivity index (χ1) is 16.0. The van der Waals surface area contributed by atoms with Crippen molar-refractivity contribution in [2.24, 2.45) is 0 Å². The van der Waals surface area contributed by atoms with Gasteiger partial charge >= 0.3 is 0 Å². The van der Waals surface area contributed by atoms with Crippen LogP contribution in [0.1, 0.15) is 0 Å². The van der Waals surface area contributed by atoms with Crippen LogP contribution in [0.3, 0.4) is 0 Å². The molecule has 0 aliphatic carbocycles. The first-order valence-electron chi connectivity index (χ1n) is 9.22. The lowest BCUT2D eigenvalue weighted by Gasteiger charge is -2.33. The van der Waals surface area contributed by atoms with Crippen molar-refractivity contribution in [2.75, 3.05) is 35.6 Å². The lowest BCUT2D eigenvalue weighted by molar-refractivity contribution is 0.913. The molecule has 6 unspecified atom stereocenters. The highest BCUT2D eigenvalue weighted by Crippen LogP contribution is 2.53. The van der Waals surface area contributed by atoms with Crippen molar-refractivity contribution in [3.63, 3.8) is 0 Å². The van der Waals surface area contributed by atoms with E-state index in [1.807, 2.05) is 118 Å². The molecular formula is C15H30S18. The van der Waals surface area contributed by atoms with Gasteiger partial charge in [0, 0.05) is 46.1 Å². The third kappa shape index (κ3) is 14.8. The first-order valence-corrected chi connectivity index (χ1v) is 24.3. The summed E-state index contributed by atoms with van der Waals surface area (Å²) in [5, 5.41) is 6.80. The van der Waals surface area contributed by atoms with Crippen molar-refractivity contribution >= 4 is 219 Å². The Hall–Kier alpha value is 6.30. The minimum Gasteiger partial charge on any atom is -0.168 e. The van der Waals surface area contributed by atoms with Gasteiger partial charge in [-0.3, -0.25) is 0 Å². The standard InChI is InChI=1S/C15H30S18/c16-1-24-12(25-2-17)14(28-5-20)32-10(22)8-9(31-7-30-8)11(23)33-15(29-6-21)13(26-3-18)27-4-19/h8-23H,1-7H2. The van der Waals surface area contributed by atoms with Crippen LogP contribution in [0.4, 0.5) is 0 Å². The Labute approximate surface area is 287 Å². The summed E-state index contributed by atoms with van der Waals surface area (Å²) in [6, 6.07) is 0. The number of thiol groups is 8. The summed E-state index contributed by atoms with van der Waals surface area (Å²) in [6.45, 7) is 0. The molecule has 18 heteroatoms. The molecule has 0 N–H and O–H groups in total. The molecular weight excluding hydrogens is 757 g/mol. The minimum atomic E-state index is 0.233. The molecule has 0 spiro atoms. The van der Waals surface area contributed by atoms with Gasteiger partial charge < -0.3 is 0 Å². The van der Waals surface area contributed by atoms with E-state index in [0.717, 1.165) is 35.6 Å². The van der Waals surface area contributed by atoms with E-state index < -0.39 is 0 Å². The monoisotopic (exact) mass is 786 g/mol. The average molecular weight is 788 g/mol. The smallest absolute Gasteiger partial charge is 0.0732 e. The predicted octanol–water partition coefficient (Wildman–Crippen LogP) is 9.17. The molecule has 1 heterocycles. The van der Waals surface area contributed by atoms with Gasteiger partial charge in [-0.2, -0.15) is 101 Å². The average Bonchev–Trinajstić information content (AvgIpc) is 3.28. The number of rotatable bonds is 20. The second-order valence-electron chi connectivity index (χ2n) is 5.68. The molecule has 0 nitrogen and oxygen atoms in total. The molecule has 1 rings (SSSR count). The Bertz CT molecular complexity index is 420. The summed E-state index contributed by atoms with van der Waals surface area (Å²) in [5.74, 6) is 0. The summed E-state index contributed by atoms with van der Waals surface area (Å²) in [5.41, 5.74) is 0. The maximum atomic E-state index is 5.13. The van der Waals surface area contributed by atoms with Crippen LogP contribution in [0.25, 0.3) is 0 Å². The van der Waals surface area contributed by atoms with Crippen LogP contribution in [0, 0.1) is 0 Å². The molecule has 1 aliphatic heterocycles. The number of hydrogen-bond acceptors (Lipinski definition) is 18. The highest BCUT2D eigenvalue weighted by Gasteiger charge is 2.41. The SMILES string of the molecule is SCSC(SCS)C(SCS)SC(S)C1SCSC1C(S)SC(SCS)C(SCS)SCS. The zero-order valence-electron chi connectivity index (χ0n) is 17.2. The molecule has 33 heavy (non-hydrogen) atoms. The number of hydrogen-bond donors (Lipinski definition) is 8. The van der Waals surface area contributed by atoms with Gasteiger partial charge in [0.2, 0.25) is 0 Å². The highest BCUT2D eigenvalue weighted by molar-refractivity contribution is 8.31. The molecule has 0 aromatic heterocycles. The van der Waals surface area contributed by atoms with Crippen LogP contribution in [0.15, 0.2) is 0 Å². The summed E-state index contributed by atoms with van der Waals surface area (Å²) in [4.78, 5) is 0. The molecule has 1 fully saturated rings. The third-order valence-corrected chi connectivity index (χ3v) is 23.0. The highest BCUT2D eigenvalue weighted by atomic mass is 32.3. The summed E-state index contributed by atoms with van der Waals surface area (Å²) < 4.78 is 2.10. The third-order valence-electron chi connectivity index (χ3n) is 3.83. The summed E-state index contributed by atoms with van der Waals surface area (Å²) >= 11 is 56.4. The fourth-order valence-electron chi connectivity index (χ4n) is 2.52. The predicted molar refractivity (Wildman–Crippen MR) is 212 cm³/mol. The van der Waals surface area contributed by atoms with Gasteiger partial charge in [-0.1, -0.05) is 0 Å². The normalized spacial score (nSPS) is 22.7. The van der Waals surface area contributed by atoms with Gasteiger partial charge in [-0.25, -0.2) is 0 Å². The lowest BCUT2D eigenvalue weighted by Crippen LogP contribution is -2.33. The molecule has 6 atom stereocenters. The van der Waals surface area contributed by atoms with Gasteiger partial charge in [-0.05, 0) is 0 Å². The quantitative estimate of drug-likeness (QED) is 0.0443. The minimum absolute atomic E-state index is 0.233. The molecule has 0 aromatic rings. The Morgan fingerprint density at radius 1 is 0.515 bits per heavy atom. The van der Waals surface area contributed by atoms with Crippen LogP contribution in [-0.4, -0.2) is 73.6 Å². The summed E-state index contributed by atoms with van der Waals surface area (Å²) in [7, 11) is 0. The molecule has 1 aliphatic rings. The summed E-state index contributed by atoms with van der Waals surface area (Å²) in [6.07, 6.45) is 0. The largest absolute Gasteiger partial charge is 0.168 e. The van der Waals surface area contributed by atoms with Gasteiger partial charge in [0.15, 0.2) is 0 Å². The fraction of sp³-hybridized carbons (Fsp3) is 1.00. The Morgan fingerprint density at radius 2 is 0.788 bits per heavy atom. The number of thioether (sulfide) groups is 10. The van der Waals surface area contributed by atoms with Crippen molar-refractivity contribution in [3.8, 4) is 0 Å². The second kappa shape index (κ2) is 23.8. The Morgan fingerprint density at radius 3 is 1.06 bits per heavy atom. The second-order valence-corrected chi connectivity index (χ2v) is 25.2. The van der Waals surface area contributed by atoms with Crippen molar-refractivity contribution < 1.29 is 0 Å². The van der Waals surface area contributed by atoms with E-state index in [9.17, 15) is 0 Å². The topological polar surface area (TPSA) is 0 Å². The van der Waals surface area contributed by atoms with Crippen molar-refractivity contribution in [2.45, 2.75) is 38.0 Å². The van der Waals surface area contributed by atoms with Crippen molar-refractivity contribution in [1.29, 1.82) is 0 Å². The van der Waals surface area contributed by atoms with Crippen molar-refractivity contribution in [3.05, 3.63) is 0 Å². The Balaban J connectivity index is 2.85. The van der Waals surface area contributed by atoms with Gasteiger partial charge in [0.25, 0.3) is 0 Å². The molecule has 0 bridgehead atoms. The van der Waals surface area contributed by atoms with Gasteiger partial charge in [0.05, 0.1) is 27.5 Å². The van der Waals surface area contributed by atoms with E-state index in [1.165, 1.54) is 0 Å². The zero-order valence-corrected chi connectivity index (χ0v) is 32.5. The van der Waals surface area contributed by atoms with Crippen LogP contribution in [0.2, 0.25) is 0 Å². The van der Waals surface area contributed by atoms with E-state index in [1.54, 1.807) is 0 Å². The molecule has 0 saturated carbocycles. The maximum Gasteiger partial charge on any atom is 0.0732 e. The lowest BCUT2D eigenvalue weighted by atomic mass is 10.3. The van der Waals surface area contributed by atoms with Crippen LogP contribution in [-0.2, 0) is 0 Å². The maximum absolute atomic E-state index is 5.13. The molecule has 0 radical (unpaired) electrons. The van der Waals surface area contributed by atoms with Gasteiger partial charge in [-0.15, -0.1) is 118 Å². The van der Waals surface area contributed by atoms with E-state index in [-0.39, 0.29) is 9.16 Å². The van der Waals surface area contributed by atoms with Crippen LogP contribution < -0.4 is 0 Å². The molecule has 198 valence electrons. The first kappa shape index (κ1) is 37.3. The fourth-order valence-corrected chi connectivity index (χ4v) is 24.0. The van der Waals surface area contributed by atoms with E-state index >= 15 is 0 Å². The molecule has 0 amide bonds. The van der Waals surface area contributed by atoms with Gasteiger partial charge in [0.1, 0.15) is 0 Å². The van der Waals surface area contributed by atoms with Crippen molar-refractivity contribution in [1.82, 2.24) is 0 Å². The zero-order chi connectivity index (χ0) is 24.6. The molecule has 0 aromatic carbocycles. The van der Waals surface area contributed by atoms with E-state index in [4.69, 9.17) is 25.3 Å². The van der Waals surface area contributed by atoms with E-state index in [2.05, 4.69) is 75.8 Å².